The molecular weight excluding hydrogens is 386 g/mol. The summed E-state index contributed by atoms with van der Waals surface area (Å²) < 4.78 is 1.96. The summed E-state index contributed by atoms with van der Waals surface area (Å²) >= 11 is 0. The number of para-hydroxylation sites is 2. The summed E-state index contributed by atoms with van der Waals surface area (Å²) in [6, 6.07) is 27.0. The van der Waals surface area contributed by atoms with Crippen molar-refractivity contribution in [1.82, 2.24) is 4.57 Å². The maximum Gasteiger partial charge on any atom is 0.337 e. The number of nitrogens with one attached hydrogen (secondary N) is 1. The van der Waals surface area contributed by atoms with Gasteiger partial charge in [0.1, 0.15) is 0 Å². The molecule has 0 spiro atoms. The molecule has 5 heteroatoms. The molecule has 0 aliphatic heterocycles. The average molecular weight is 409 g/mol. The molecule has 1 heterocycles. The molecule has 0 fully saturated rings. The number of aromatic carboxylic acids is 1. The SMILES string of the molecule is Cc1cc(C=Nc2ccc(Nc3ccccc3)cc2)c(C)n1-c1ccccc1C(=O)O. The fourth-order valence-electron chi connectivity index (χ4n) is 3.60. The van der Waals surface area contributed by atoms with E-state index in [1.807, 2.05) is 97.4 Å². The van der Waals surface area contributed by atoms with E-state index in [0.717, 1.165) is 34.0 Å². The van der Waals surface area contributed by atoms with Crippen molar-refractivity contribution in [3.05, 3.63) is 107 Å². The number of carboxylic acid groups (broad SMARTS) is 1. The van der Waals surface area contributed by atoms with Crippen molar-refractivity contribution >= 4 is 29.2 Å². The van der Waals surface area contributed by atoms with Crippen LogP contribution in [-0.2, 0) is 0 Å². The summed E-state index contributed by atoms with van der Waals surface area (Å²) in [5.74, 6) is -0.942. The number of carboxylic acids is 1. The van der Waals surface area contributed by atoms with Gasteiger partial charge in [-0.05, 0) is 68.4 Å². The van der Waals surface area contributed by atoms with Crippen LogP contribution in [0.15, 0.2) is 89.9 Å². The summed E-state index contributed by atoms with van der Waals surface area (Å²) in [5, 5.41) is 12.9. The van der Waals surface area contributed by atoms with Gasteiger partial charge in [-0.3, -0.25) is 4.99 Å². The molecule has 0 aliphatic rings. The summed E-state index contributed by atoms with van der Waals surface area (Å²) in [6.45, 7) is 3.94. The first-order chi connectivity index (χ1) is 15.0. The van der Waals surface area contributed by atoms with E-state index in [-0.39, 0.29) is 5.56 Å². The molecule has 0 bridgehead atoms. The van der Waals surface area contributed by atoms with Gasteiger partial charge in [0, 0.05) is 34.5 Å². The Morgan fingerprint density at radius 2 is 1.55 bits per heavy atom. The molecular formula is C26H23N3O2. The van der Waals surface area contributed by atoms with Crippen molar-refractivity contribution in [3.8, 4) is 5.69 Å². The lowest BCUT2D eigenvalue weighted by molar-refractivity contribution is 0.0697. The third kappa shape index (κ3) is 4.41. The molecule has 31 heavy (non-hydrogen) atoms. The van der Waals surface area contributed by atoms with Gasteiger partial charge in [0.2, 0.25) is 0 Å². The Labute approximate surface area is 181 Å². The van der Waals surface area contributed by atoms with Crippen LogP contribution >= 0.6 is 0 Å². The first-order valence-electron chi connectivity index (χ1n) is 10.0. The van der Waals surface area contributed by atoms with E-state index in [0.29, 0.717) is 5.69 Å². The minimum absolute atomic E-state index is 0.272. The second-order valence-electron chi connectivity index (χ2n) is 7.28. The molecule has 4 aromatic rings. The molecule has 0 aliphatic carbocycles. The topological polar surface area (TPSA) is 66.6 Å². The van der Waals surface area contributed by atoms with Crippen LogP contribution in [-0.4, -0.2) is 21.9 Å². The quantitative estimate of drug-likeness (QED) is 0.368. The Morgan fingerprint density at radius 1 is 0.903 bits per heavy atom. The summed E-state index contributed by atoms with van der Waals surface area (Å²) in [6.07, 6.45) is 1.82. The Kier molecular flexibility index (Phi) is 5.67. The lowest BCUT2D eigenvalue weighted by Gasteiger charge is -2.12. The first kappa shape index (κ1) is 20.2. The molecule has 3 aromatic carbocycles. The number of aliphatic imine (C=N–C) groups is 1. The van der Waals surface area contributed by atoms with Crippen LogP contribution in [0.1, 0.15) is 27.3 Å². The molecule has 0 saturated carbocycles. The Morgan fingerprint density at radius 3 is 2.26 bits per heavy atom. The number of rotatable bonds is 6. The lowest BCUT2D eigenvalue weighted by atomic mass is 10.1. The Bertz CT molecular complexity index is 1240. The van der Waals surface area contributed by atoms with E-state index in [1.165, 1.54) is 0 Å². The largest absolute Gasteiger partial charge is 0.478 e. The second kappa shape index (κ2) is 8.71. The normalized spacial score (nSPS) is 11.0. The van der Waals surface area contributed by atoms with Gasteiger partial charge in [0.15, 0.2) is 0 Å². The van der Waals surface area contributed by atoms with E-state index >= 15 is 0 Å². The molecule has 4 rings (SSSR count). The van der Waals surface area contributed by atoms with Crippen LogP contribution in [0.2, 0.25) is 0 Å². The van der Waals surface area contributed by atoms with Crippen LogP contribution in [0, 0.1) is 13.8 Å². The first-order valence-corrected chi connectivity index (χ1v) is 10.0. The minimum Gasteiger partial charge on any atom is -0.478 e. The van der Waals surface area contributed by atoms with E-state index in [4.69, 9.17) is 0 Å². The minimum atomic E-state index is -0.942. The molecule has 0 atom stereocenters. The molecule has 2 N–H and O–H groups in total. The highest BCUT2D eigenvalue weighted by atomic mass is 16.4. The van der Waals surface area contributed by atoms with Gasteiger partial charge in [-0.25, -0.2) is 4.79 Å². The standard InChI is InChI=1S/C26H23N3O2/c1-18-16-20(19(2)29(18)25-11-7-6-10-24(25)26(30)31)17-27-21-12-14-23(15-13-21)28-22-8-4-3-5-9-22/h3-17,28H,1-2H3,(H,30,31). The highest BCUT2D eigenvalue weighted by Gasteiger charge is 2.15. The highest BCUT2D eigenvalue weighted by molar-refractivity contribution is 5.92. The Hall–Kier alpha value is -4.12. The monoisotopic (exact) mass is 409 g/mol. The average Bonchev–Trinajstić information content (AvgIpc) is 3.07. The van der Waals surface area contributed by atoms with Crippen molar-refractivity contribution in [2.45, 2.75) is 13.8 Å². The van der Waals surface area contributed by atoms with E-state index in [1.54, 1.807) is 12.1 Å². The van der Waals surface area contributed by atoms with Gasteiger partial charge in [-0.2, -0.15) is 0 Å². The molecule has 0 unspecified atom stereocenters. The molecule has 154 valence electrons. The molecule has 0 saturated heterocycles. The van der Waals surface area contributed by atoms with E-state index in [9.17, 15) is 9.90 Å². The Balaban J connectivity index is 1.57. The predicted octanol–water partition coefficient (Wildman–Crippen LogP) is 6.29. The number of carbonyl (C=O) groups is 1. The molecule has 1 aromatic heterocycles. The van der Waals surface area contributed by atoms with Gasteiger partial charge in [-0.1, -0.05) is 30.3 Å². The van der Waals surface area contributed by atoms with Crippen molar-refractivity contribution in [1.29, 1.82) is 0 Å². The number of anilines is 2. The van der Waals surface area contributed by atoms with Gasteiger partial charge >= 0.3 is 5.97 Å². The van der Waals surface area contributed by atoms with Crippen molar-refractivity contribution in [2.24, 2.45) is 4.99 Å². The fraction of sp³-hybridized carbons (Fsp3) is 0.0769. The zero-order valence-electron chi connectivity index (χ0n) is 17.4. The lowest BCUT2D eigenvalue weighted by Crippen LogP contribution is -2.07. The second-order valence-corrected chi connectivity index (χ2v) is 7.28. The number of hydrogen-bond donors (Lipinski definition) is 2. The van der Waals surface area contributed by atoms with Crippen LogP contribution in [0.3, 0.4) is 0 Å². The smallest absolute Gasteiger partial charge is 0.337 e. The van der Waals surface area contributed by atoms with E-state index < -0.39 is 5.97 Å². The molecule has 0 amide bonds. The zero-order valence-corrected chi connectivity index (χ0v) is 17.4. The number of benzene rings is 3. The maximum absolute atomic E-state index is 11.6. The third-order valence-electron chi connectivity index (χ3n) is 5.13. The maximum atomic E-state index is 11.6. The summed E-state index contributed by atoms with van der Waals surface area (Å²) in [7, 11) is 0. The zero-order chi connectivity index (χ0) is 21.8. The van der Waals surface area contributed by atoms with Crippen molar-refractivity contribution in [2.75, 3.05) is 5.32 Å². The summed E-state index contributed by atoms with van der Waals surface area (Å²) in [5.41, 5.74) is 6.64. The number of aromatic nitrogens is 1. The van der Waals surface area contributed by atoms with Crippen molar-refractivity contribution in [3.63, 3.8) is 0 Å². The van der Waals surface area contributed by atoms with E-state index in [2.05, 4.69) is 10.3 Å². The predicted molar refractivity (Wildman–Crippen MR) is 126 cm³/mol. The third-order valence-corrected chi connectivity index (χ3v) is 5.13. The van der Waals surface area contributed by atoms with Crippen LogP contribution in [0.5, 0.6) is 0 Å². The summed E-state index contributed by atoms with van der Waals surface area (Å²) in [4.78, 5) is 16.2. The number of nitrogens with zero attached hydrogens (tertiary/aromatic N) is 2. The van der Waals surface area contributed by atoms with Crippen LogP contribution in [0.4, 0.5) is 17.1 Å². The number of aryl methyl sites for hydroxylation is 1. The molecule has 0 radical (unpaired) electrons. The number of hydrogen-bond acceptors (Lipinski definition) is 3. The van der Waals surface area contributed by atoms with Gasteiger partial charge in [0.05, 0.1) is 16.9 Å². The highest BCUT2D eigenvalue weighted by Crippen LogP contribution is 2.24. The van der Waals surface area contributed by atoms with Gasteiger partial charge < -0.3 is 15.0 Å². The fourth-order valence-corrected chi connectivity index (χ4v) is 3.60. The van der Waals surface area contributed by atoms with Crippen LogP contribution in [0.25, 0.3) is 5.69 Å². The van der Waals surface area contributed by atoms with Gasteiger partial charge in [-0.15, -0.1) is 0 Å². The van der Waals surface area contributed by atoms with Crippen LogP contribution < -0.4 is 5.32 Å². The van der Waals surface area contributed by atoms with Crippen molar-refractivity contribution < 1.29 is 9.90 Å². The molecule has 5 nitrogen and oxygen atoms in total. The van der Waals surface area contributed by atoms with Gasteiger partial charge in [0.25, 0.3) is 0 Å².